The van der Waals surface area contributed by atoms with Crippen LogP contribution >= 0.6 is 15.9 Å². The van der Waals surface area contributed by atoms with Gasteiger partial charge in [-0.25, -0.2) is 4.39 Å². The van der Waals surface area contributed by atoms with Gasteiger partial charge in [-0.3, -0.25) is 0 Å². The molecule has 0 aromatic heterocycles. The summed E-state index contributed by atoms with van der Waals surface area (Å²) in [6.45, 7) is 3.79. The second-order valence-electron chi connectivity index (χ2n) is 3.80. The summed E-state index contributed by atoms with van der Waals surface area (Å²) in [5.41, 5.74) is 1.80. The fraction of sp³-hybridized carbons (Fsp3) is 0.455. The lowest BCUT2D eigenvalue weighted by molar-refractivity contribution is 0.610. The number of hydrogen-bond donors (Lipinski definition) is 1. The number of rotatable bonds is 1. The van der Waals surface area contributed by atoms with E-state index in [1.165, 1.54) is 0 Å². The Kier molecular flexibility index (Phi) is 2.88. The second kappa shape index (κ2) is 3.99. The molecular weight excluding hydrogens is 245 g/mol. The predicted molar refractivity (Wildman–Crippen MR) is 59.1 cm³/mol. The predicted octanol–water partition coefficient (Wildman–Crippen LogP) is 2.97. The highest BCUT2D eigenvalue weighted by Gasteiger charge is 2.18. The first-order valence-corrected chi connectivity index (χ1v) is 5.64. The van der Waals surface area contributed by atoms with Gasteiger partial charge in [-0.2, -0.15) is 0 Å². The first-order valence-electron chi connectivity index (χ1n) is 4.84. The third-order valence-corrected chi connectivity index (χ3v) is 3.66. The molecule has 1 unspecified atom stereocenters. The first-order chi connectivity index (χ1) is 6.68. The van der Waals surface area contributed by atoms with Crippen molar-refractivity contribution in [3.05, 3.63) is 33.5 Å². The van der Waals surface area contributed by atoms with Gasteiger partial charge in [-0.05, 0) is 49.1 Å². The molecule has 0 aliphatic carbocycles. The van der Waals surface area contributed by atoms with Crippen molar-refractivity contribution in [2.24, 2.45) is 0 Å². The molecular formula is C11H13BrFN. The largest absolute Gasteiger partial charge is 0.316 e. The van der Waals surface area contributed by atoms with E-state index in [2.05, 4.69) is 21.2 Å². The zero-order valence-electron chi connectivity index (χ0n) is 8.11. The van der Waals surface area contributed by atoms with Gasteiger partial charge in [0.25, 0.3) is 0 Å². The van der Waals surface area contributed by atoms with Crippen molar-refractivity contribution in [2.45, 2.75) is 19.3 Å². The van der Waals surface area contributed by atoms with E-state index in [4.69, 9.17) is 0 Å². The lowest BCUT2D eigenvalue weighted by Gasteiger charge is -2.11. The third kappa shape index (κ3) is 1.84. The lowest BCUT2D eigenvalue weighted by atomic mass is 9.97. The Balaban J connectivity index is 2.34. The summed E-state index contributed by atoms with van der Waals surface area (Å²) >= 11 is 3.38. The number of benzene rings is 1. The molecule has 1 aliphatic heterocycles. The van der Waals surface area contributed by atoms with Gasteiger partial charge in [0, 0.05) is 11.0 Å². The molecule has 1 aromatic rings. The van der Waals surface area contributed by atoms with E-state index in [0.717, 1.165) is 29.5 Å². The van der Waals surface area contributed by atoms with Crippen LogP contribution in [-0.2, 0) is 0 Å². The van der Waals surface area contributed by atoms with Gasteiger partial charge in [0.05, 0.1) is 0 Å². The molecule has 14 heavy (non-hydrogen) atoms. The molecule has 76 valence electrons. The minimum absolute atomic E-state index is 0.110. The summed E-state index contributed by atoms with van der Waals surface area (Å²) in [5.74, 6) is 0.364. The normalized spacial score (nSPS) is 21.5. The molecule has 3 heteroatoms. The van der Waals surface area contributed by atoms with Crippen molar-refractivity contribution in [1.29, 1.82) is 0 Å². The summed E-state index contributed by atoms with van der Waals surface area (Å²) < 4.78 is 14.3. The maximum atomic E-state index is 13.4. The Morgan fingerprint density at radius 1 is 1.50 bits per heavy atom. The first kappa shape index (κ1) is 10.1. The molecule has 1 atom stereocenters. The second-order valence-corrected chi connectivity index (χ2v) is 4.65. The molecule has 0 spiro atoms. The molecule has 0 radical (unpaired) electrons. The maximum absolute atomic E-state index is 13.4. The Labute approximate surface area is 91.8 Å². The van der Waals surface area contributed by atoms with Gasteiger partial charge < -0.3 is 5.32 Å². The number of hydrogen-bond acceptors (Lipinski definition) is 1. The fourth-order valence-corrected chi connectivity index (χ4v) is 2.29. The average molecular weight is 258 g/mol. The highest BCUT2D eigenvalue weighted by molar-refractivity contribution is 9.10. The average Bonchev–Trinajstić information content (AvgIpc) is 2.66. The molecule has 0 bridgehead atoms. The van der Waals surface area contributed by atoms with Crippen LogP contribution in [0, 0.1) is 12.7 Å². The molecule has 1 aliphatic rings. The summed E-state index contributed by atoms with van der Waals surface area (Å²) in [6, 6.07) is 3.70. The van der Waals surface area contributed by atoms with Gasteiger partial charge in [0.2, 0.25) is 0 Å². The van der Waals surface area contributed by atoms with E-state index in [1.807, 2.05) is 6.07 Å². The van der Waals surface area contributed by atoms with Crippen LogP contribution in [0.5, 0.6) is 0 Å². The van der Waals surface area contributed by atoms with E-state index in [0.29, 0.717) is 11.5 Å². The van der Waals surface area contributed by atoms with Crippen molar-refractivity contribution in [3.8, 4) is 0 Å². The smallest absolute Gasteiger partial charge is 0.127 e. The number of nitrogens with one attached hydrogen (secondary N) is 1. The molecule has 0 saturated carbocycles. The van der Waals surface area contributed by atoms with Crippen molar-refractivity contribution < 1.29 is 4.39 Å². The quantitative estimate of drug-likeness (QED) is 0.816. The van der Waals surface area contributed by atoms with Crippen LogP contribution in [0.3, 0.4) is 0 Å². The van der Waals surface area contributed by atoms with E-state index in [1.54, 1.807) is 13.0 Å². The van der Waals surface area contributed by atoms with E-state index in [-0.39, 0.29) is 5.82 Å². The molecule has 1 heterocycles. The van der Waals surface area contributed by atoms with Crippen LogP contribution in [0.2, 0.25) is 0 Å². The number of halogens is 2. The van der Waals surface area contributed by atoms with Crippen molar-refractivity contribution in [2.75, 3.05) is 13.1 Å². The highest BCUT2D eigenvalue weighted by atomic mass is 79.9. The van der Waals surface area contributed by atoms with E-state index >= 15 is 0 Å². The van der Waals surface area contributed by atoms with Crippen LogP contribution in [0.4, 0.5) is 4.39 Å². The molecule has 1 N–H and O–H groups in total. The van der Waals surface area contributed by atoms with E-state index in [9.17, 15) is 4.39 Å². The zero-order chi connectivity index (χ0) is 10.1. The van der Waals surface area contributed by atoms with Crippen LogP contribution in [0.25, 0.3) is 0 Å². The molecule has 1 saturated heterocycles. The standard InChI is InChI=1S/C11H13BrFN/c1-7-10(12)4-9(5-11(7)13)8-2-3-14-6-8/h4-5,8,14H,2-3,6H2,1H3. The van der Waals surface area contributed by atoms with Gasteiger partial charge >= 0.3 is 0 Å². The van der Waals surface area contributed by atoms with Crippen LogP contribution < -0.4 is 5.32 Å². The lowest BCUT2D eigenvalue weighted by Crippen LogP contribution is -2.08. The molecule has 1 aromatic carbocycles. The molecule has 1 nitrogen and oxygen atoms in total. The zero-order valence-corrected chi connectivity index (χ0v) is 9.70. The highest BCUT2D eigenvalue weighted by Crippen LogP contribution is 2.28. The monoisotopic (exact) mass is 257 g/mol. The summed E-state index contributed by atoms with van der Waals surface area (Å²) in [6.07, 6.45) is 1.11. The van der Waals surface area contributed by atoms with Gasteiger partial charge in [0.15, 0.2) is 0 Å². The van der Waals surface area contributed by atoms with Gasteiger partial charge in [0.1, 0.15) is 5.82 Å². The van der Waals surface area contributed by atoms with Crippen LogP contribution in [0.15, 0.2) is 16.6 Å². The van der Waals surface area contributed by atoms with Crippen molar-refractivity contribution >= 4 is 15.9 Å². The Morgan fingerprint density at radius 2 is 2.29 bits per heavy atom. The van der Waals surface area contributed by atoms with E-state index < -0.39 is 0 Å². The van der Waals surface area contributed by atoms with Gasteiger partial charge in [-0.15, -0.1) is 0 Å². The summed E-state index contributed by atoms with van der Waals surface area (Å²) in [7, 11) is 0. The summed E-state index contributed by atoms with van der Waals surface area (Å²) in [4.78, 5) is 0. The van der Waals surface area contributed by atoms with Crippen molar-refractivity contribution in [3.63, 3.8) is 0 Å². The Hall–Kier alpha value is -0.410. The van der Waals surface area contributed by atoms with Crippen molar-refractivity contribution in [1.82, 2.24) is 5.32 Å². The fourth-order valence-electron chi connectivity index (χ4n) is 1.84. The SMILES string of the molecule is Cc1c(F)cc(C2CCNC2)cc1Br. The molecule has 2 rings (SSSR count). The molecule has 1 fully saturated rings. The Bertz CT molecular complexity index is 322. The molecule has 0 amide bonds. The third-order valence-electron chi connectivity index (χ3n) is 2.83. The maximum Gasteiger partial charge on any atom is 0.127 e. The Morgan fingerprint density at radius 3 is 2.86 bits per heavy atom. The topological polar surface area (TPSA) is 12.0 Å². The van der Waals surface area contributed by atoms with Crippen LogP contribution in [-0.4, -0.2) is 13.1 Å². The minimum Gasteiger partial charge on any atom is -0.316 e. The van der Waals surface area contributed by atoms with Gasteiger partial charge in [-0.1, -0.05) is 15.9 Å². The van der Waals surface area contributed by atoms with Crippen LogP contribution in [0.1, 0.15) is 23.5 Å². The minimum atomic E-state index is -0.110. The summed E-state index contributed by atoms with van der Waals surface area (Å²) in [5, 5.41) is 3.29.